The zero-order valence-electron chi connectivity index (χ0n) is 8.00. The summed E-state index contributed by atoms with van der Waals surface area (Å²) in [6.45, 7) is 4.22. The highest BCUT2D eigenvalue weighted by Gasteiger charge is 2.09. The van der Waals surface area contributed by atoms with E-state index in [0.717, 1.165) is 16.5 Å². The van der Waals surface area contributed by atoms with Crippen LogP contribution in [0.1, 0.15) is 31.9 Å². The maximum Gasteiger partial charge on any atom is 0.0792 e. The van der Waals surface area contributed by atoms with E-state index in [0.29, 0.717) is 5.92 Å². The summed E-state index contributed by atoms with van der Waals surface area (Å²) in [4.78, 5) is 0. The molecule has 0 aromatic heterocycles. The van der Waals surface area contributed by atoms with Gasteiger partial charge in [0.05, 0.1) is 6.10 Å². The van der Waals surface area contributed by atoms with Crippen molar-refractivity contribution in [3.05, 3.63) is 34.3 Å². The summed E-state index contributed by atoms with van der Waals surface area (Å²) in [5, 5.41) is 9.79. The Hall–Kier alpha value is -0.340. The highest BCUT2D eigenvalue weighted by Crippen LogP contribution is 2.23. The molecule has 0 radical (unpaired) electrons. The van der Waals surface area contributed by atoms with E-state index >= 15 is 0 Å². The smallest absolute Gasteiger partial charge is 0.0792 e. The molecule has 1 N–H and O–H groups in total. The predicted octanol–water partition coefficient (Wildman–Crippen LogP) is 3.53. The summed E-state index contributed by atoms with van der Waals surface area (Å²) in [6.07, 6.45) is 0.480. The molecule has 1 atom stereocenters. The Morgan fingerprint density at radius 3 is 2.62 bits per heavy atom. The third-order valence-electron chi connectivity index (χ3n) is 1.93. The molecule has 0 aliphatic carbocycles. The highest BCUT2D eigenvalue weighted by molar-refractivity contribution is 9.10. The zero-order valence-corrected chi connectivity index (χ0v) is 9.58. The molecule has 0 amide bonds. The van der Waals surface area contributed by atoms with Crippen LogP contribution in [-0.4, -0.2) is 5.11 Å². The highest BCUT2D eigenvalue weighted by atomic mass is 79.9. The van der Waals surface area contributed by atoms with E-state index < -0.39 is 0 Å². The molecular weight excluding hydrogens is 228 g/mol. The van der Waals surface area contributed by atoms with Crippen LogP contribution in [0.4, 0.5) is 0 Å². The summed E-state index contributed by atoms with van der Waals surface area (Å²) < 4.78 is 1.02. The Balaban J connectivity index is 2.71. The molecule has 0 bridgehead atoms. The third-order valence-corrected chi connectivity index (χ3v) is 2.42. The Kier molecular flexibility index (Phi) is 3.94. The average molecular weight is 243 g/mol. The topological polar surface area (TPSA) is 20.2 Å². The van der Waals surface area contributed by atoms with Gasteiger partial charge < -0.3 is 5.11 Å². The van der Waals surface area contributed by atoms with Gasteiger partial charge in [0.1, 0.15) is 0 Å². The van der Waals surface area contributed by atoms with Gasteiger partial charge in [0, 0.05) is 4.47 Å². The summed E-state index contributed by atoms with van der Waals surface area (Å²) in [5.74, 6) is 0.522. The SMILES string of the molecule is CC(C)CC(O)c1cccc(Br)c1. The van der Waals surface area contributed by atoms with Gasteiger partial charge in [-0.05, 0) is 30.0 Å². The third kappa shape index (κ3) is 3.49. The second kappa shape index (κ2) is 4.77. The molecule has 0 saturated carbocycles. The fourth-order valence-corrected chi connectivity index (χ4v) is 1.71. The van der Waals surface area contributed by atoms with Crippen LogP contribution in [0.15, 0.2) is 28.7 Å². The first kappa shape index (κ1) is 10.7. The van der Waals surface area contributed by atoms with Crippen LogP contribution in [0, 0.1) is 5.92 Å². The Labute approximate surface area is 87.9 Å². The van der Waals surface area contributed by atoms with Crippen LogP contribution < -0.4 is 0 Å². The fourth-order valence-electron chi connectivity index (χ4n) is 1.30. The monoisotopic (exact) mass is 242 g/mol. The lowest BCUT2D eigenvalue weighted by Crippen LogP contribution is -2.01. The van der Waals surface area contributed by atoms with Crippen LogP contribution in [-0.2, 0) is 0 Å². The number of hydrogen-bond donors (Lipinski definition) is 1. The molecule has 2 heteroatoms. The molecule has 0 aliphatic heterocycles. The van der Waals surface area contributed by atoms with E-state index in [1.807, 2.05) is 24.3 Å². The Bertz CT molecular complexity index is 271. The summed E-state index contributed by atoms with van der Waals surface area (Å²) in [5.41, 5.74) is 0.989. The molecule has 13 heavy (non-hydrogen) atoms. The molecule has 0 saturated heterocycles. The quantitative estimate of drug-likeness (QED) is 0.860. The van der Waals surface area contributed by atoms with Crippen LogP contribution in [0.25, 0.3) is 0 Å². The minimum Gasteiger partial charge on any atom is -0.388 e. The first-order valence-corrected chi connectivity index (χ1v) is 5.32. The van der Waals surface area contributed by atoms with Crippen molar-refractivity contribution in [2.45, 2.75) is 26.4 Å². The van der Waals surface area contributed by atoms with Crippen molar-refractivity contribution in [1.29, 1.82) is 0 Å². The van der Waals surface area contributed by atoms with E-state index in [4.69, 9.17) is 0 Å². The van der Waals surface area contributed by atoms with E-state index in [1.165, 1.54) is 0 Å². The molecule has 0 heterocycles. The summed E-state index contributed by atoms with van der Waals surface area (Å²) in [6, 6.07) is 7.83. The summed E-state index contributed by atoms with van der Waals surface area (Å²) in [7, 11) is 0. The molecule has 0 spiro atoms. The molecule has 1 nitrogen and oxygen atoms in total. The van der Waals surface area contributed by atoms with Gasteiger partial charge in [-0.15, -0.1) is 0 Å². The number of hydrogen-bond acceptors (Lipinski definition) is 1. The van der Waals surface area contributed by atoms with Gasteiger partial charge in [0.2, 0.25) is 0 Å². The largest absolute Gasteiger partial charge is 0.388 e. The lowest BCUT2D eigenvalue weighted by atomic mass is 10.00. The van der Waals surface area contributed by atoms with Gasteiger partial charge in [-0.2, -0.15) is 0 Å². The predicted molar refractivity (Wildman–Crippen MR) is 58.6 cm³/mol. The standard InChI is InChI=1S/C11H15BrO/c1-8(2)6-11(13)9-4-3-5-10(12)7-9/h3-5,7-8,11,13H,6H2,1-2H3. The Morgan fingerprint density at radius 2 is 2.08 bits per heavy atom. The molecule has 1 unspecified atom stereocenters. The van der Waals surface area contributed by atoms with Crippen molar-refractivity contribution in [2.75, 3.05) is 0 Å². The van der Waals surface area contributed by atoms with Gasteiger partial charge in [0.25, 0.3) is 0 Å². The van der Waals surface area contributed by atoms with Crippen LogP contribution >= 0.6 is 15.9 Å². The number of aliphatic hydroxyl groups is 1. The average Bonchev–Trinajstić information content (AvgIpc) is 2.03. The number of rotatable bonds is 3. The second-order valence-corrected chi connectivity index (χ2v) is 4.62. The van der Waals surface area contributed by atoms with Crippen molar-refractivity contribution < 1.29 is 5.11 Å². The molecule has 1 aromatic carbocycles. The number of halogens is 1. The summed E-state index contributed by atoms with van der Waals surface area (Å²) >= 11 is 3.39. The van der Waals surface area contributed by atoms with Gasteiger partial charge in [-0.1, -0.05) is 41.9 Å². The molecule has 1 aromatic rings. The number of aliphatic hydroxyl groups excluding tert-OH is 1. The van der Waals surface area contributed by atoms with Crippen LogP contribution in [0.2, 0.25) is 0 Å². The van der Waals surface area contributed by atoms with E-state index in [1.54, 1.807) is 0 Å². The first-order chi connectivity index (χ1) is 6.09. The van der Waals surface area contributed by atoms with E-state index in [2.05, 4.69) is 29.8 Å². The van der Waals surface area contributed by atoms with Gasteiger partial charge in [-0.25, -0.2) is 0 Å². The molecule has 0 aliphatic rings. The van der Waals surface area contributed by atoms with Crippen molar-refractivity contribution in [2.24, 2.45) is 5.92 Å². The van der Waals surface area contributed by atoms with Crippen molar-refractivity contribution in [3.63, 3.8) is 0 Å². The normalized spacial score (nSPS) is 13.3. The molecular formula is C11H15BrO. The maximum atomic E-state index is 9.79. The second-order valence-electron chi connectivity index (χ2n) is 3.70. The molecule has 0 fully saturated rings. The van der Waals surface area contributed by atoms with Crippen molar-refractivity contribution >= 4 is 15.9 Å². The molecule has 1 rings (SSSR count). The van der Waals surface area contributed by atoms with Gasteiger partial charge >= 0.3 is 0 Å². The van der Waals surface area contributed by atoms with Crippen LogP contribution in [0.5, 0.6) is 0 Å². The Morgan fingerprint density at radius 1 is 1.38 bits per heavy atom. The number of benzene rings is 1. The van der Waals surface area contributed by atoms with E-state index in [9.17, 15) is 5.11 Å². The van der Waals surface area contributed by atoms with E-state index in [-0.39, 0.29) is 6.10 Å². The maximum absolute atomic E-state index is 9.79. The first-order valence-electron chi connectivity index (χ1n) is 4.53. The van der Waals surface area contributed by atoms with Crippen molar-refractivity contribution in [1.82, 2.24) is 0 Å². The zero-order chi connectivity index (χ0) is 9.84. The van der Waals surface area contributed by atoms with Crippen LogP contribution in [0.3, 0.4) is 0 Å². The van der Waals surface area contributed by atoms with Gasteiger partial charge in [0.15, 0.2) is 0 Å². The minimum absolute atomic E-state index is 0.336. The molecule has 72 valence electrons. The van der Waals surface area contributed by atoms with Crippen molar-refractivity contribution in [3.8, 4) is 0 Å². The fraction of sp³-hybridized carbons (Fsp3) is 0.455. The minimum atomic E-state index is -0.336. The van der Waals surface area contributed by atoms with Gasteiger partial charge in [-0.3, -0.25) is 0 Å². The lowest BCUT2D eigenvalue weighted by Gasteiger charge is -2.13. The lowest BCUT2D eigenvalue weighted by molar-refractivity contribution is 0.151.